The minimum atomic E-state index is 0.780. The van der Waals surface area contributed by atoms with Gasteiger partial charge in [0.15, 0.2) is 0 Å². The van der Waals surface area contributed by atoms with Gasteiger partial charge in [0.1, 0.15) is 0 Å². The molecule has 1 aliphatic rings. The van der Waals surface area contributed by atoms with E-state index in [9.17, 15) is 0 Å². The first-order chi connectivity index (χ1) is 7.45. The molecular formula is C11H19N3O. The molecule has 4 nitrogen and oxygen atoms in total. The molecule has 0 bridgehead atoms. The maximum absolute atomic E-state index is 5.33. The lowest BCUT2D eigenvalue weighted by atomic mass is 10.1. The maximum Gasteiger partial charge on any atom is 0.0533 e. The third-order valence-electron chi connectivity index (χ3n) is 2.83. The van der Waals surface area contributed by atoms with E-state index in [0.717, 1.165) is 38.8 Å². The fraction of sp³-hybridized carbons (Fsp3) is 0.727. The molecule has 0 amide bonds. The van der Waals surface area contributed by atoms with Crippen molar-refractivity contribution in [2.45, 2.75) is 19.4 Å². The average Bonchev–Trinajstić information content (AvgIpc) is 2.88. The van der Waals surface area contributed by atoms with E-state index in [-0.39, 0.29) is 0 Å². The Kier molecular flexibility index (Phi) is 4.17. The first kappa shape index (κ1) is 10.6. The molecule has 1 aliphatic heterocycles. The first-order valence-corrected chi connectivity index (χ1v) is 5.71. The van der Waals surface area contributed by atoms with Gasteiger partial charge in [-0.15, -0.1) is 0 Å². The highest BCUT2D eigenvalue weighted by Gasteiger charge is 2.14. The lowest BCUT2D eigenvalue weighted by Crippen LogP contribution is -2.23. The van der Waals surface area contributed by atoms with Gasteiger partial charge in [0.05, 0.1) is 6.54 Å². The van der Waals surface area contributed by atoms with Crippen LogP contribution < -0.4 is 5.32 Å². The largest absolute Gasteiger partial charge is 0.381 e. The number of hydrogen-bond acceptors (Lipinski definition) is 3. The third kappa shape index (κ3) is 3.64. The molecular weight excluding hydrogens is 190 g/mol. The second-order valence-electron chi connectivity index (χ2n) is 4.04. The quantitative estimate of drug-likeness (QED) is 0.707. The predicted octanol–water partition coefficient (Wildman–Crippen LogP) is 0.899. The van der Waals surface area contributed by atoms with E-state index in [4.69, 9.17) is 4.74 Å². The smallest absolute Gasteiger partial charge is 0.0533 e. The van der Waals surface area contributed by atoms with Crippen molar-refractivity contribution in [3.05, 3.63) is 18.5 Å². The topological polar surface area (TPSA) is 39.1 Å². The molecule has 2 heterocycles. The molecule has 4 heteroatoms. The Morgan fingerprint density at radius 2 is 2.47 bits per heavy atom. The van der Waals surface area contributed by atoms with E-state index < -0.39 is 0 Å². The van der Waals surface area contributed by atoms with Crippen LogP contribution in [0.5, 0.6) is 0 Å². The van der Waals surface area contributed by atoms with Crippen molar-refractivity contribution < 1.29 is 4.74 Å². The zero-order valence-corrected chi connectivity index (χ0v) is 9.06. The van der Waals surface area contributed by atoms with Crippen molar-refractivity contribution in [1.82, 2.24) is 15.1 Å². The van der Waals surface area contributed by atoms with Gasteiger partial charge in [-0.3, -0.25) is 4.68 Å². The van der Waals surface area contributed by atoms with E-state index in [2.05, 4.69) is 10.4 Å². The minimum Gasteiger partial charge on any atom is -0.381 e. The second kappa shape index (κ2) is 5.88. The molecule has 0 radical (unpaired) electrons. The average molecular weight is 209 g/mol. The summed E-state index contributed by atoms with van der Waals surface area (Å²) in [5.41, 5.74) is 0. The van der Waals surface area contributed by atoms with Gasteiger partial charge in [-0.1, -0.05) is 0 Å². The molecule has 0 saturated carbocycles. The molecule has 1 aromatic rings. The van der Waals surface area contributed by atoms with E-state index in [1.54, 1.807) is 0 Å². The van der Waals surface area contributed by atoms with E-state index >= 15 is 0 Å². The van der Waals surface area contributed by atoms with Crippen molar-refractivity contribution in [3.63, 3.8) is 0 Å². The zero-order chi connectivity index (χ0) is 10.3. The van der Waals surface area contributed by atoms with Crippen LogP contribution in [0.25, 0.3) is 0 Å². The van der Waals surface area contributed by atoms with Crippen molar-refractivity contribution in [1.29, 1.82) is 0 Å². The highest BCUT2D eigenvalue weighted by molar-refractivity contribution is 4.77. The highest BCUT2D eigenvalue weighted by Crippen LogP contribution is 2.14. The van der Waals surface area contributed by atoms with E-state index in [1.807, 2.05) is 23.1 Å². The van der Waals surface area contributed by atoms with Crippen LogP contribution in [0.3, 0.4) is 0 Å². The van der Waals surface area contributed by atoms with Crippen LogP contribution in [0.15, 0.2) is 18.5 Å². The monoisotopic (exact) mass is 209 g/mol. The van der Waals surface area contributed by atoms with Gasteiger partial charge in [0.2, 0.25) is 0 Å². The number of nitrogens with zero attached hydrogens (tertiary/aromatic N) is 2. The third-order valence-corrected chi connectivity index (χ3v) is 2.83. The summed E-state index contributed by atoms with van der Waals surface area (Å²) >= 11 is 0. The molecule has 15 heavy (non-hydrogen) atoms. The summed E-state index contributed by atoms with van der Waals surface area (Å²) in [7, 11) is 0. The van der Waals surface area contributed by atoms with Gasteiger partial charge in [-0.2, -0.15) is 5.10 Å². The summed E-state index contributed by atoms with van der Waals surface area (Å²) in [6.07, 6.45) is 6.28. The van der Waals surface area contributed by atoms with Gasteiger partial charge in [-0.25, -0.2) is 0 Å². The SMILES string of the molecule is c1cnn(CCNCCC2CCOC2)c1. The molecule has 0 spiro atoms. The number of aromatic nitrogens is 2. The molecule has 1 unspecified atom stereocenters. The molecule has 1 atom stereocenters. The van der Waals surface area contributed by atoms with Crippen molar-refractivity contribution >= 4 is 0 Å². The van der Waals surface area contributed by atoms with Crippen LogP contribution in [0.2, 0.25) is 0 Å². The Morgan fingerprint density at radius 1 is 1.47 bits per heavy atom. The molecule has 1 saturated heterocycles. The fourth-order valence-corrected chi connectivity index (χ4v) is 1.87. The van der Waals surface area contributed by atoms with Crippen LogP contribution in [0.4, 0.5) is 0 Å². The molecule has 0 aliphatic carbocycles. The normalized spacial score (nSPS) is 20.9. The predicted molar refractivity (Wildman–Crippen MR) is 58.6 cm³/mol. The summed E-state index contributed by atoms with van der Waals surface area (Å²) < 4.78 is 7.28. The first-order valence-electron chi connectivity index (χ1n) is 5.71. The van der Waals surface area contributed by atoms with Gasteiger partial charge < -0.3 is 10.1 Å². The van der Waals surface area contributed by atoms with Crippen LogP contribution in [0.1, 0.15) is 12.8 Å². The van der Waals surface area contributed by atoms with Crippen LogP contribution >= 0.6 is 0 Å². The van der Waals surface area contributed by atoms with Crippen LogP contribution in [-0.2, 0) is 11.3 Å². The summed E-state index contributed by atoms with van der Waals surface area (Å²) in [5.74, 6) is 0.780. The van der Waals surface area contributed by atoms with Gasteiger partial charge in [0, 0.05) is 32.2 Å². The molecule has 1 N–H and O–H groups in total. The van der Waals surface area contributed by atoms with Crippen molar-refractivity contribution in [3.8, 4) is 0 Å². The number of hydrogen-bond donors (Lipinski definition) is 1. The molecule has 84 valence electrons. The Hall–Kier alpha value is -0.870. The van der Waals surface area contributed by atoms with Crippen LogP contribution in [0, 0.1) is 5.92 Å². The number of ether oxygens (including phenoxy) is 1. The van der Waals surface area contributed by atoms with Crippen molar-refractivity contribution in [2.24, 2.45) is 5.92 Å². The summed E-state index contributed by atoms with van der Waals surface area (Å²) in [6, 6.07) is 1.95. The van der Waals surface area contributed by atoms with Gasteiger partial charge in [-0.05, 0) is 31.4 Å². The molecule has 1 aromatic heterocycles. The lowest BCUT2D eigenvalue weighted by Gasteiger charge is -2.08. The van der Waals surface area contributed by atoms with Crippen LogP contribution in [-0.4, -0.2) is 36.1 Å². The molecule has 1 fully saturated rings. The Bertz CT molecular complexity index is 255. The lowest BCUT2D eigenvalue weighted by molar-refractivity contribution is 0.184. The summed E-state index contributed by atoms with van der Waals surface area (Å²) in [5, 5.41) is 7.58. The highest BCUT2D eigenvalue weighted by atomic mass is 16.5. The van der Waals surface area contributed by atoms with E-state index in [1.165, 1.54) is 12.8 Å². The molecule has 2 rings (SSSR count). The van der Waals surface area contributed by atoms with Gasteiger partial charge >= 0.3 is 0 Å². The fourth-order valence-electron chi connectivity index (χ4n) is 1.87. The van der Waals surface area contributed by atoms with Gasteiger partial charge in [0.25, 0.3) is 0 Å². The number of rotatable bonds is 6. The van der Waals surface area contributed by atoms with Crippen molar-refractivity contribution in [2.75, 3.05) is 26.3 Å². The Balaban J connectivity index is 1.48. The zero-order valence-electron chi connectivity index (χ0n) is 9.06. The molecule has 0 aromatic carbocycles. The van der Waals surface area contributed by atoms with E-state index in [0.29, 0.717) is 0 Å². The Morgan fingerprint density at radius 3 is 3.20 bits per heavy atom. The minimum absolute atomic E-state index is 0.780. The standard InChI is InChI=1S/C11H19N3O/c1-4-13-14(7-1)8-6-12-5-2-11-3-9-15-10-11/h1,4,7,11-12H,2-3,5-6,8-10H2. The summed E-state index contributed by atoms with van der Waals surface area (Å²) in [6.45, 7) is 4.96. The summed E-state index contributed by atoms with van der Waals surface area (Å²) in [4.78, 5) is 0. The Labute approximate surface area is 90.6 Å². The second-order valence-corrected chi connectivity index (χ2v) is 4.04. The number of nitrogens with one attached hydrogen (secondary N) is 1. The maximum atomic E-state index is 5.33.